The third-order valence-electron chi connectivity index (χ3n) is 3.05. The van der Waals surface area contributed by atoms with Gasteiger partial charge in [0.15, 0.2) is 6.23 Å². The summed E-state index contributed by atoms with van der Waals surface area (Å²) in [7, 11) is 1.58. The number of carbonyl (C=O) groups excluding carboxylic acids is 1. The van der Waals surface area contributed by atoms with Crippen LogP contribution in [0.1, 0.15) is 25.3 Å². The smallest absolute Gasteiger partial charge is 0.416 e. The maximum Gasteiger partial charge on any atom is 0.416 e. The topological polar surface area (TPSA) is 38.8 Å². The van der Waals surface area contributed by atoms with Gasteiger partial charge in [-0.2, -0.15) is 0 Å². The number of ether oxygens (including phenoxy) is 2. The number of nitrogens with zero attached hydrogens (tertiary/aromatic N) is 1. The summed E-state index contributed by atoms with van der Waals surface area (Å²) in [6.45, 7) is 2.50. The highest BCUT2D eigenvalue weighted by Crippen LogP contribution is 2.29. The highest BCUT2D eigenvalue weighted by atomic mass is 16.6. The molecule has 1 amide bonds. The zero-order chi connectivity index (χ0) is 13.7. The van der Waals surface area contributed by atoms with Gasteiger partial charge in [-0.1, -0.05) is 37.6 Å². The molecule has 1 heterocycles. The van der Waals surface area contributed by atoms with Crippen molar-refractivity contribution in [3.63, 3.8) is 0 Å². The van der Waals surface area contributed by atoms with E-state index in [1.165, 1.54) is 0 Å². The summed E-state index contributed by atoms with van der Waals surface area (Å²) in [5, 5.41) is 0. The van der Waals surface area contributed by atoms with E-state index < -0.39 is 6.23 Å². The molecule has 0 bridgehead atoms. The zero-order valence-electron chi connectivity index (χ0n) is 11.3. The number of rotatable bonds is 4. The molecule has 1 aromatic rings. The van der Waals surface area contributed by atoms with Crippen molar-refractivity contribution < 1.29 is 14.3 Å². The Morgan fingerprint density at radius 3 is 2.89 bits per heavy atom. The normalized spacial score (nSPS) is 17.2. The van der Waals surface area contributed by atoms with Gasteiger partial charge in [-0.15, -0.1) is 0 Å². The van der Waals surface area contributed by atoms with E-state index in [0.29, 0.717) is 6.61 Å². The van der Waals surface area contributed by atoms with Gasteiger partial charge < -0.3 is 9.47 Å². The van der Waals surface area contributed by atoms with Crippen molar-refractivity contribution in [1.29, 1.82) is 0 Å². The lowest BCUT2D eigenvalue weighted by Gasteiger charge is -2.31. The van der Waals surface area contributed by atoms with Crippen molar-refractivity contribution >= 4 is 17.9 Å². The minimum absolute atomic E-state index is 0.364. The predicted molar refractivity (Wildman–Crippen MR) is 75.0 cm³/mol. The van der Waals surface area contributed by atoms with Crippen LogP contribution in [0.3, 0.4) is 0 Å². The van der Waals surface area contributed by atoms with Crippen molar-refractivity contribution in [3.8, 4) is 0 Å². The molecule has 1 aliphatic heterocycles. The van der Waals surface area contributed by atoms with Crippen LogP contribution in [0.4, 0.5) is 10.5 Å². The van der Waals surface area contributed by atoms with E-state index in [1.807, 2.05) is 36.4 Å². The summed E-state index contributed by atoms with van der Waals surface area (Å²) in [4.78, 5) is 13.7. The molecule has 2 rings (SSSR count). The number of unbranched alkanes of at least 4 members (excludes halogenated alkanes) is 1. The maximum absolute atomic E-state index is 12.2. The molecule has 102 valence electrons. The average Bonchev–Trinajstić information content (AvgIpc) is 2.46. The summed E-state index contributed by atoms with van der Waals surface area (Å²) in [5.41, 5.74) is 1.81. The third-order valence-corrected chi connectivity index (χ3v) is 3.05. The molecule has 0 saturated carbocycles. The molecule has 0 unspecified atom stereocenters. The van der Waals surface area contributed by atoms with Crippen LogP contribution in [0.15, 0.2) is 30.3 Å². The highest BCUT2D eigenvalue weighted by Gasteiger charge is 2.28. The van der Waals surface area contributed by atoms with E-state index in [1.54, 1.807) is 12.0 Å². The number of benzene rings is 1. The lowest BCUT2D eigenvalue weighted by Crippen LogP contribution is -2.42. The molecule has 1 atom stereocenters. The quantitative estimate of drug-likeness (QED) is 0.779. The molecular formula is C15H19NO3. The van der Waals surface area contributed by atoms with E-state index in [0.717, 1.165) is 24.1 Å². The van der Waals surface area contributed by atoms with Gasteiger partial charge in [0.1, 0.15) is 0 Å². The molecule has 4 nitrogen and oxygen atoms in total. The average molecular weight is 261 g/mol. The van der Waals surface area contributed by atoms with E-state index in [2.05, 4.69) is 6.92 Å². The van der Waals surface area contributed by atoms with E-state index >= 15 is 0 Å². The lowest BCUT2D eigenvalue weighted by molar-refractivity contribution is 0.109. The molecule has 1 aromatic carbocycles. The summed E-state index contributed by atoms with van der Waals surface area (Å²) in [6, 6.07) is 7.70. The van der Waals surface area contributed by atoms with Crippen molar-refractivity contribution in [2.24, 2.45) is 0 Å². The second-order valence-corrected chi connectivity index (χ2v) is 4.38. The Morgan fingerprint density at radius 2 is 2.16 bits per heavy atom. The molecular weight excluding hydrogens is 242 g/mol. The summed E-state index contributed by atoms with van der Waals surface area (Å²) in [6.07, 6.45) is 4.90. The van der Waals surface area contributed by atoms with Crippen molar-refractivity contribution in [1.82, 2.24) is 0 Å². The number of hydrogen-bond donors (Lipinski definition) is 0. The van der Waals surface area contributed by atoms with Gasteiger partial charge in [0.05, 0.1) is 12.3 Å². The van der Waals surface area contributed by atoms with Crippen molar-refractivity contribution in [3.05, 3.63) is 35.9 Å². The fourth-order valence-electron chi connectivity index (χ4n) is 2.02. The Bertz CT molecular complexity index is 470. The summed E-state index contributed by atoms with van der Waals surface area (Å²) < 4.78 is 10.6. The minimum Gasteiger partial charge on any atom is -0.449 e. The van der Waals surface area contributed by atoms with Crippen LogP contribution in [-0.2, 0) is 9.47 Å². The summed E-state index contributed by atoms with van der Waals surface area (Å²) >= 11 is 0. The molecule has 0 aliphatic carbocycles. The van der Waals surface area contributed by atoms with Gasteiger partial charge in [0.25, 0.3) is 0 Å². The van der Waals surface area contributed by atoms with Gasteiger partial charge in [0.2, 0.25) is 0 Å². The van der Waals surface area contributed by atoms with Crippen LogP contribution in [0.5, 0.6) is 0 Å². The summed E-state index contributed by atoms with van der Waals surface area (Å²) in [5.74, 6) is 0. The number of methoxy groups -OCH3 is 1. The van der Waals surface area contributed by atoms with Crippen LogP contribution in [0.2, 0.25) is 0 Å². The standard InChI is InChI=1S/C15H19NO3/c1-3-4-11-19-15(17)16-13-8-6-5-7-12(13)9-10-14(16)18-2/h5-10,14H,3-4,11H2,1-2H3/t14-/m0/s1. The number of anilines is 1. The molecule has 0 spiro atoms. The van der Waals surface area contributed by atoms with Crippen molar-refractivity contribution in [2.75, 3.05) is 18.6 Å². The maximum atomic E-state index is 12.2. The first kappa shape index (κ1) is 13.6. The predicted octanol–water partition coefficient (Wildman–Crippen LogP) is 3.43. The fraction of sp³-hybridized carbons (Fsp3) is 0.400. The molecule has 0 N–H and O–H groups in total. The second-order valence-electron chi connectivity index (χ2n) is 4.38. The first-order valence-corrected chi connectivity index (χ1v) is 6.54. The monoisotopic (exact) mass is 261 g/mol. The number of para-hydroxylation sites is 1. The number of amides is 1. The van der Waals surface area contributed by atoms with E-state index in [9.17, 15) is 4.79 Å². The molecule has 0 fully saturated rings. The number of fused-ring (bicyclic) bond motifs is 1. The van der Waals surface area contributed by atoms with Gasteiger partial charge in [0, 0.05) is 7.11 Å². The van der Waals surface area contributed by atoms with Gasteiger partial charge in [-0.05, 0) is 24.1 Å². The van der Waals surface area contributed by atoms with E-state index in [-0.39, 0.29) is 6.09 Å². The third kappa shape index (κ3) is 2.96. The fourth-order valence-corrected chi connectivity index (χ4v) is 2.02. The highest BCUT2D eigenvalue weighted by molar-refractivity contribution is 5.93. The molecule has 0 saturated heterocycles. The van der Waals surface area contributed by atoms with Crippen molar-refractivity contribution in [2.45, 2.75) is 26.0 Å². The molecule has 4 heteroatoms. The van der Waals surface area contributed by atoms with Crippen LogP contribution in [0, 0.1) is 0 Å². The molecule has 0 radical (unpaired) electrons. The minimum atomic E-state index is -0.413. The first-order valence-electron chi connectivity index (χ1n) is 6.54. The Hall–Kier alpha value is -1.81. The zero-order valence-corrected chi connectivity index (χ0v) is 11.3. The Balaban J connectivity index is 2.20. The molecule has 19 heavy (non-hydrogen) atoms. The van der Waals surface area contributed by atoms with Gasteiger partial charge in [-0.25, -0.2) is 9.69 Å². The van der Waals surface area contributed by atoms with Crippen LogP contribution in [0.25, 0.3) is 6.08 Å². The number of hydrogen-bond acceptors (Lipinski definition) is 3. The Kier molecular flexibility index (Phi) is 4.58. The second kappa shape index (κ2) is 6.38. The largest absolute Gasteiger partial charge is 0.449 e. The van der Waals surface area contributed by atoms with Crippen LogP contribution < -0.4 is 4.90 Å². The van der Waals surface area contributed by atoms with Crippen LogP contribution >= 0.6 is 0 Å². The molecule has 1 aliphatic rings. The lowest BCUT2D eigenvalue weighted by atomic mass is 10.1. The number of carbonyl (C=O) groups is 1. The first-order chi connectivity index (χ1) is 9.27. The SMILES string of the molecule is CCCCOC(=O)N1c2ccccc2C=C[C@@H]1OC. The van der Waals surface area contributed by atoms with Gasteiger partial charge >= 0.3 is 6.09 Å². The van der Waals surface area contributed by atoms with Crippen LogP contribution in [-0.4, -0.2) is 26.0 Å². The molecule has 0 aromatic heterocycles. The van der Waals surface area contributed by atoms with Gasteiger partial charge in [-0.3, -0.25) is 0 Å². The Labute approximate surface area is 113 Å². The van der Waals surface area contributed by atoms with E-state index in [4.69, 9.17) is 9.47 Å². The Morgan fingerprint density at radius 1 is 1.37 bits per heavy atom.